The van der Waals surface area contributed by atoms with Crippen molar-refractivity contribution in [3.05, 3.63) is 53.5 Å². The van der Waals surface area contributed by atoms with Crippen LogP contribution in [-0.2, 0) is 4.74 Å². The van der Waals surface area contributed by atoms with Crippen LogP contribution in [0.3, 0.4) is 0 Å². The van der Waals surface area contributed by atoms with E-state index in [0.717, 1.165) is 5.56 Å². The molecule has 0 spiro atoms. The number of rotatable bonds is 4. The van der Waals surface area contributed by atoms with E-state index >= 15 is 0 Å². The highest BCUT2D eigenvalue weighted by molar-refractivity contribution is 5.89. The van der Waals surface area contributed by atoms with Gasteiger partial charge in [0.25, 0.3) is 0 Å². The quantitative estimate of drug-likeness (QED) is 0.801. The third-order valence-electron chi connectivity index (χ3n) is 2.55. The Balaban J connectivity index is 2.14. The summed E-state index contributed by atoms with van der Waals surface area (Å²) in [5.41, 5.74) is 1.20. The molecule has 1 aromatic heterocycles. The zero-order valence-corrected chi connectivity index (χ0v) is 11.2. The van der Waals surface area contributed by atoms with Gasteiger partial charge in [-0.15, -0.1) is 0 Å². The first kappa shape index (κ1) is 14.0. The van der Waals surface area contributed by atoms with Crippen LogP contribution < -0.4 is 4.74 Å². The van der Waals surface area contributed by atoms with Crippen LogP contribution in [0.4, 0.5) is 4.39 Å². The van der Waals surface area contributed by atoms with Crippen LogP contribution in [0, 0.1) is 12.7 Å². The van der Waals surface area contributed by atoms with Crippen molar-refractivity contribution in [1.82, 2.24) is 4.98 Å². The fraction of sp³-hybridized carbons (Fsp3) is 0.200. The lowest BCUT2D eigenvalue weighted by atomic mass is 10.2. The van der Waals surface area contributed by atoms with Gasteiger partial charge >= 0.3 is 5.97 Å². The number of aromatic nitrogens is 1. The summed E-state index contributed by atoms with van der Waals surface area (Å²) in [6, 6.07) is 7.58. The minimum atomic E-state index is -0.466. The minimum Gasteiger partial charge on any atom is -0.462 e. The summed E-state index contributed by atoms with van der Waals surface area (Å²) in [6.45, 7) is 3.86. The number of nitrogens with zero attached hydrogens (tertiary/aromatic N) is 1. The molecule has 0 unspecified atom stereocenters. The van der Waals surface area contributed by atoms with Gasteiger partial charge < -0.3 is 9.47 Å². The number of hydrogen-bond donors (Lipinski definition) is 0. The molecule has 5 heteroatoms. The molecule has 0 aliphatic heterocycles. The second-order valence-electron chi connectivity index (χ2n) is 4.14. The predicted octanol–water partition coefficient (Wildman–Crippen LogP) is 3.50. The van der Waals surface area contributed by atoms with E-state index in [9.17, 15) is 9.18 Å². The molecule has 104 valence electrons. The Hall–Kier alpha value is -2.43. The Morgan fingerprint density at radius 3 is 2.75 bits per heavy atom. The van der Waals surface area contributed by atoms with Gasteiger partial charge in [0.15, 0.2) is 11.6 Å². The molecular formula is C15H14FNO3. The third kappa shape index (κ3) is 3.32. The van der Waals surface area contributed by atoms with Gasteiger partial charge in [0.1, 0.15) is 0 Å². The average molecular weight is 275 g/mol. The molecule has 2 aromatic rings. The average Bonchev–Trinajstić information content (AvgIpc) is 2.44. The number of carbonyl (C=O) groups is 1. The molecule has 0 N–H and O–H groups in total. The highest BCUT2D eigenvalue weighted by Crippen LogP contribution is 2.24. The topological polar surface area (TPSA) is 48.4 Å². The van der Waals surface area contributed by atoms with Crippen LogP contribution in [0.5, 0.6) is 11.6 Å². The van der Waals surface area contributed by atoms with Gasteiger partial charge in [-0.3, -0.25) is 0 Å². The number of benzene rings is 1. The van der Waals surface area contributed by atoms with Crippen molar-refractivity contribution in [2.75, 3.05) is 6.61 Å². The van der Waals surface area contributed by atoms with Gasteiger partial charge in [0, 0.05) is 12.3 Å². The largest absolute Gasteiger partial charge is 0.462 e. The molecule has 1 heterocycles. The fourth-order valence-corrected chi connectivity index (χ4v) is 1.58. The Bertz CT molecular complexity index is 611. The molecule has 0 radical (unpaired) electrons. The van der Waals surface area contributed by atoms with Crippen molar-refractivity contribution >= 4 is 5.97 Å². The number of ether oxygens (including phenoxy) is 2. The molecular weight excluding hydrogens is 261 g/mol. The van der Waals surface area contributed by atoms with E-state index in [2.05, 4.69) is 4.98 Å². The Morgan fingerprint density at radius 1 is 1.30 bits per heavy atom. The van der Waals surface area contributed by atoms with Crippen LogP contribution in [0.2, 0.25) is 0 Å². The zero-order chi connectivity index (χ0) is 14.5. The summed E-state index contributed by atoms with van der Waals surface area (Å²) in [4.78, 5) is 15.4. The third-order valence-corrected chi connectivity index (χ3v) is 2.55. The normalized spacial score (nSPS) is 10.2. The fourth-order valence-electron chi connectivity index (χ4n) is 1.58. The molecule has 0 aliphatic rings. The number of carbonyl (C=O) groups excluding carboxylic acids is 1. The highest BCUT2D eigenvalue weighted by Gasteiger charge is 2.09. The van der Waals surface area contributed by atoms with E-state index in [-0.39, 0.29) is 11.6 Å². The highest BCUT2D eigenvalue weighted by atomic mass is 19.1. The number of halogens is 1. The summed E-state index contributed by atoms with van der Waals surface area (Å²) in [5.74, 6) is -0.607. The lowest BCUT2D eigenvalue weighted by molar-refractivity contribution is 0.0526. The summed E-state index contributed by atoms with van der Waals surface area (Å²) < 4.78 is 23.7. The standard InChI is InChI=1S/C15H14FNO3/c1-3-19-15(18)11-5-7-14(17-9-11)20-13-8-10(2)4-6-12(13)16/h4-9H,3H2,1-2H3. The smallest absolute Gasteiger partial charge is 0.339 e. The lowest BCUT2D eigenvalue weighted by Gasteiger charge is -2.07. The van der Waals surface area contributed by atoms with E-state index in [4.69, 9.17) is 9.47 Å². The van der Waals surface area contributed by atoms with Crippen LogP contribution in [0.15, 0.2) is 36.5 Å². The molecule has 1 aromatic carbocycles. The SMILES string of the molecule is CCOC(=O)c1ccc(Oc2cc(C)ccc2F)nc1. The van der Waals surface area contributed by atoms with E-state index in [1.807, 2.05) is 6.92 Å². The van der Waals surface area contributed by atoms with Gasteiger partial charge in [-0.1, -0.05) is 6.07 Å². The van der Waals surface area contributed by atoms with Gasteiger partial charge in [0.2, 0.25) is 5.88 Å². The van der Waals surface area contributed by atoms with Crippen molar-refractivity contribution < 1.29 is 18.7 Å². The second kappa shape index (κ2) is 6.14. The summed E-state index contributed by atoms with van der Waals surface area (Å²) in [5, 5.41) is 0. The Kier molecular flexibility index (Phi) is 4.30. The molecule has 0 fully saturated rings. The van der Waals surface area contributed by atoms with Crippen LogP contribution in [0.25, 0.3) is 0 Å². The summed E-state index contributed by atoms with van der Waals surface area (Å²) in [7, 11) is 0. The van der Waals surface area contributed by atoms with Gasteiger partial charge in [-0.25, -0.2) is 14.2 Å². The van der Waals surface area contributed by atoms with Crippen molar-refractivity contribution in [3.63, 3.8) is 0 Å². The maximum Gasteiger partial charge on any atom is 0.339 e. The Labute approximate surface area is 116 Å². The summed E-state index contributed by atoms with van der Waals surface area (Å²) in [6.07, 6.45) is 1.33. The van der Waals surface area contributed by atoms with Crippen LogP contribution in [0.1, 0.15) is 22.8 Å². The monoisotopic (exact) mass is 275 g/mol. The molecule has 20 heavy (non-hydrogen) atoms. The predicted molar refractivity (Wildman–Crippen MR) is 71.4 cm³/mol. The first-order valence-corrected chi connectivity index (χ1v) is 6.17. The Morgan fingerprint density at radius 2 is 2.10 bits per heavy atom. The maximum atomic E-state index is 13.5. The number of esters is 1. The van der Waals surface area contributed by atoms with E-state index < -0.39 is 11.8 Å². The first-order valence-electron chi connectivity index (χ1n) is 6.17. The van der Waals surface area contributed by atoms with Crippen molar-refractivity contribution in [1.29, 1.82) is 0 Å². The zero-order valence-electron chi connectivity index (χ0n) is 11.2. The van der Waals surface area contributed by atoms with E-state index in [1.54, 1.807) is 19.1 Å². The van der Waals surface area contributed by atoms with Crippen LogP contribution >= 0.6 is 0 Å². The first-order chi connectivity index (χ1) is 9.60. The minimum absolute atomic E-state index is 0.0985. The molecule has 2 rings (SSSR count). The molecule has 4 nitrogen and oxygen atoms in total. The molecule has 0 bridgehead atoms. The van der Waals surface area contributed by atoms with E-state index in [1.165, 1.54) is 24.4 Å². The number of hydrogen-bond acceptors (Lipinski definition) is 4. The van der Waals surface area contributed by atoms with Gasteiger partial charge in [-0.2, -0.15) is 0 Å². The van der Waals surface area contributed by atoms with Crippen molar-refractivity contribution in [3.8, 4) is 11.6 Å². The van der Waals surface area contributed by atoms with Gasteiger partial charge in [-0.05, 0) is 37.6 Å². The maximum absolute atomic E-state index is 13.5. The summed E-state index contributed by atoms with van der Waals surface area (Å²) >= 11 is 0. The molecule has 0 aliphatic carbocycles. The second-order valence-corrected chi connectivity index (χ2v) is 4.14. The van der Waals surface area contributed by atoms with Crippen LogP contribution in [-0.4, -0.2) is 17.6 Å². The van der Waals surface area contributed by atoms with E-state index in [0.29, 0.717) is 12.2 Å². The van der Waals surface area contributed by atoms with Crippen molar-refractivity contribution in [2.24, 2.45) is 0 Å². The molecule has 0 saturated carbocycles. The molecule has 0 amide bonds. The van der Waals surface area contributed by atoms with Crippen molar-refractivity contribution in [2.45, 2.75) is 13.8 Å². The molecule has 0 atom stereocenters. The van der Waals surface area contributed by atoms with Gasteiger partial charge in [0.05, 0.1) is 12.2 Å². The lowest BCUT2D eigenvalue weighted by Crippen LogP contribution is -2.05. The number of aryl methyl sites for hydroxylation is 1. The molecule has 0 saturated heterocycles. The number of pyridine rings is 1.